The minimum atomic E-state index is -3.64. The van der Waals surface area contributed by atoms with Gasteiger partial charge in [-0.2, -0.15) is 0 Å². The summed E-state index contributed by atoms with van der Waals surface area (Å²) in [6.07, 6.45) is 0.0256. The molecule has 0 aromatic heterocycles. The molecule has 0 saturated heterocycles. The molecule has 0 aliphatic rings. The molecule has 0 saturated carbocycles. The standard InChI is InChI=1S/C10H22NO6P2/c1-5-14-18(15-6-2)9-10(11-12)19(13,16-7-3)17-8-4/h5-9H2,1-4H3/b11-10+. The summed E-state index contributed by atoms with van der Waals surface area (Å²) in [5.74, 6) is 0. The summed E-state index contributed by atoms with van der Waals surface area (Å²) in [4.78, 5) is 0. The molecule has 9 heteroatoms. The van der Waals surface area contributed by atoms with E-state index in [0.717, 1.165) is 0 Å². The topological polar surface area (TPSA) is 86.2 Å². The van der Waals surface area contributed by atoms with Gasteiger partial charge in [0.15, 0.2) is 13.8 Å². The van der Waals surface area contributed by atoms with E-state index in [0.29, 0.717) is 13.2 Å². The highest BCUT2D eigenvalue weighted by molar-refractivity contribution is 7.74. The molecule has 0 amide bonds. The lowest BCUT2D eigenvalue weighted by molar-refractivity contribution is 0.203. The summed E-state index contributed by atoms with van der Waals surface area (Å²) in [7, 11) is -4.99. The molecule has 0 spiro atoms. The van der Waals surface area contributed by atoms with Crippen LogP contribution in [0.3, 0.4) is 0 Å². The van der Waals surface area contributed by atoms with Crippen molar-refractivity contribution in [2.24, 2.45) is 5.16 Å². The Labute approximate surface area is 115 Å². The Balaban J connectivity index is 4.90. The summed E-state index contributed by atoms with van der Waals surface area (Å²) in [5.41, 5.74) is -0.177. The van der Waals surface area contributed by atoms with Gasteiger partial charge >= 0.3 is 7.60 Å². The van der Waals surface area contributed by atoms with E-state index in [4.69, 9.17) is 18.1 Å². The summed E-state index contributed by atoms with van der Waals surface area (Å²) in [6, 6.07) is 0. The van der Waals surface area contributed by atoms with Crippen molar-refractivity contribution < 1.29 is 27.9 Å². The molecule has 0 N–H and O–H groups in total. The average Bonchev–Trinajstić information content (AvgIpc) is 2.36. The first-order chi connectivity index (χ1) is 9.07. The molecule has 7 nitrogen and oxygen atoms in total. The molecule has 113 valence electrons. The second-order valence-corrected chi connectivity index (χ2v) is 6.69. The molecule has 19 heavy (non-hydrogen) atoms. The smallest absolute Gasteiger partial charge is 0.334 e. The van der Waals surface area contributed by atoms with Crippen molar-refractivity contribution in [3.63, 3.8) is 0 Å². The quantitative estimate of drug-likeness (QED) is 0.331. The summed E-state index contributed by atoms with van der Waals surface area (Å²) < 4.78 is 33.3. The molecular weight excluding hydrogens is 292 g/mol. The Morgan fingerprint density at radius 1 is 1.00 bits per heavy atom. The predicted molar refractivity (Wildman–Crippen MR) is 74.0 cm³/mol. The van der Waals surface area contributed by atoms with Crippen LogP contribution in [0.25, 0.3) is 0 Å². The second-order valence-electron chi connectivity index (χ2n) is 3.17. The zero-order chi connectivity index (χ0) is 14.7. The van der Waals surface area contributed by atoms with Gasteiger partial charge in [-0.1, -0.05) is 0 Å². The van der Waals surface area contributed by atoms with Gasteiger partial charge in [0.05, 0.1) is 32.6 Å². The minimum Gasteiger partial charge on any atom is -0.334 e. The van der Waals surface area contributed by atoms with Crippen LogP contribution in [0.15, 0.2) is 5.16 Å². The van der Waals surface area contributed by atoms with E-state index in [-0.39, 0.29) is 24.8 Å². The van der Waals surface area contributed by atoms with Gasteiger partial charge in [0.25, 0.3) is 0 Å². The van der Waals surface area contributed by atoms with Crippen molar-refractivity contribution in [2.75, 3.05) is 32.6 Å². The maximum Gasteiger partial charge on any atom is 0.379 e. The van der Waals surface area contributed by atoms with E-state index in [1.165, 1.54) is 0 Å². The Bertz CT molecular complexity index is 296. The highest BCUT2D eigenvalue weighted by Gasteiger charge is 2.35. The van der Waals surface area contributed by atoms with Crippen LogP contribution < -0.4 is 0 Å². The van der Waals surface area contributed by atoms with Crippen molar-refractivity contribution in [1.29, 1.82) is 0 Å². The van der Waals surface area contributed by atoms with Crippen LogP contribution in [-0.2, 0) is 27.9 Å². The van der Waals surface area contributed by atoms with Gasteiger partial charge in [0, 0.05) is 0 Å². The molecule has 0 fully saturated rings. The van der Waals surface area contributed by atoms with Crippen molar-refractivity contribution in [2.45, 2.75) is 27.7 Å². The van der Waals surface area contributed by atoms with Crippen LogP contribution in [0.1, 0.15) is 27.7 Å². The van der Waals surface area contributed by atoms with Crippen LogP contribution in [0.5, 0.6) is 0 Å². The zero-order valence-electron chi connectivity index (χ0n) is 11.8. The molecule has 0 aliphatic carbocycles. The fourth-order valence-electron chi connectivity index (χ4n) is 1.22. The Kier molecular flexibility index (Phi) is 10.7. The minimum absolute atomic E-state index is 0.0256. The zero-order valence-corrected chi connectivity index (χ0v) is 13.6. The SMILES string of the molecule is CCOP(C/C(=N\[O])P(=O)(OCC)OCC)OCC. The number of rotatable bonds is 11. The molecular formula is C10H22NO6P2. The van der Waals surface area contributed by atoms with E-state index in [1.54, 1.807) is 13.8 Å². The first-order valence-corrected chi connectivity index (χ1v) is 9.10. The van der Waals surface area contributed by atoms with Gasteiger partial charge < -0.3 is 18.1 Å². The van der Waals surface area contributed by atoms with Gasteiger partial charge in [-0.05, 0) is 32.9 Å². The first-order valence-electron chi connectivity index (χ1n) is 6.20. The lowest BCUT2D eigenvalue weighted by Gasteiger charge is -2.20. The Morgan fingerprint density at radius 3 is 1.79 bits per heavy atom. The van der Waals surface area contributed by atoms with Gasteiger partial charge in [0.2, 0.25) is 0 Å². The average molecular weight is 314 g/mol. The number of nitrogens with zero attached hydrogens (tertiary/aromatic N) is 1. The van der Waals surface area contributed by atoms with Crippen LogP contribution in [0.2, 0.25) is 0 Å². The lowest BCUT2D eigenvalue weighted by Crippen LogP contribution is -2.12. The summed E-state index contributed by atoms with van der Waals surface area (Å²) in [6.45, 7) is 8.16. The molecule has 0 aliphatic heterocycles. The molecule has 0 unspecified atom stereocenters. The van der Waals surface area contributed by atoms with Gasteiger partial charge in [-0.3, -0.25) is 4.57 Å². The Morgan fingerprint density at radius 2 is 1.47 bits per heavy atom. The molecule has 0 aromatic carbocycles. The third-order valence-electron chi connectivity index (χ3n) is 1.84. The molecule has 0 heterocycles. The van der Waals surface area contributed by atoms with Gasteiger partial charge in [-0.25, -0.2) is 0 Å². The first kappa shape index (κ1) is 19.0. The molecule has 0 rings (SSSR count). The second kappa shape index (κ2) is 10.7. The lowest BCUT2D eigenvalue weighted by atomic mass is 10.9. The molecule has 0 atom stereocenters. The third kappa shape index (κ3) is 6.80. The predicted octanol–water partition coefficient (Wildman–Crippen LogP) is 3.38. The summed E-state index contributed by atoms with van der Waals surface area (Å²) >= 11 is 0. The fourth-order valence-corrected chi connectivity index (χ4v) is 4.54. The Hall–Kier alpha value is -0.0300. The fraction of sp³-hybridized carbons (Fsp3) is 0.900. The van der Waals surface area contributed by atoms with Crippen LogP contribution >= 0.6 is 16.0 Å². The van der Waals surface area contributed by atoms with E-state index in [2.05, 4.69) is 5.16 Å². The molecule has 0 aromatic rings. The van der Waals surface area contributed by atoms with Gasteiger partial charge in [-0.15, -0.1) is 5.21 Å². The number of hydrogen-bond acceptors (Lipinski definition) is 6. The van der Waals surface area contributed by atoms with Crippen LogP contribution in [0, 0.1) is 0 Å². The maximum absolute atomic E-state index is 12.4. The van der Waals surface area contributed by atoms with E-state index in [1.807, 2.05) is 13.8 Å². The maximum atomic E-state index is 12.4. The normalized spacial score (nSPS) is 13.2. The van der Waals surface area contributed by atoms with Gasteiger partial charge in [0.1, 0.15) is 0 Å². The van der Waals surface area contributed by atoms with Crippen molar-refractivity contribution in [1.82, 2.24) is 0 Å². The van der Waals surface area contributed by atoms with Crippen molar-refractivity contribution in [3.05, 3.63) is 0 Å². The molecule has 1 radical (unpaired) electrons. The summed E-state index contributed by atoms with van der Waals surface area (Å²) in [5, 5.41) is 13.7. The largest absolute Gasteiger partial charge is 0.379 e. The number of hydrogen-bond donors (Lipinski definition) is 0. The van der Waals surface area contributed by atoms with Crippen molar-refractivity contribution in [3.8, 4) is 0 Å². The van der Waals surface area contributed by atoms with E-state index >= 15 is 0 Å². The van der Waals surface area contributed by atoms with Crippen molar-refractivity contribution >= 4 is 21.4 Å². The highest BCUT2D eigenvalue weighted by Crippen LogP contribution is 2.53. The highest BCUT2D eigenvalue weighted by atomic mass is 31.2. The van der Waals surface area contributed by atoms with E-state index in [9.17, 15) is 9.77 Å². The third-order valence-corrected chi connectivity index (χ3v) is 5.80. The monoisotopic (exact) mass is 314 g/mol. The molecule has 0 bridgehead atoms. The van der Waals surface area contributed by atoms with Crippen LogP contribution in [0.4, 0.5) is 0 Å². The van der Waals surface area contributed by atoms with E-state index < -0.39 is 16.0 Å². The van der Waals surface area contributed by atoms with Crippen LogP contribution in [-0.4, -0.2) is 38.0 Å².